The Kier molecular flexibility index (Phi) is 2.84. The van der Waals surface area contributed by atoms with Crippen molar-refractivity contribution >= 4 is 17.3 Å². The van der Waals surface area contributed by atoms with Gasteiger partial charge in [-0.2, -0.15) is 11.3 Å². The van der Waals surface area contributed by atoms with E-state index in [1.54, 1.807) is 11.3 Å². The predicted molar refractivity (Wildman–Crippen MR) is 55.6 cm³/mol. The lowest BCUT2D eigenvalue weighted by molar-refractivity contribution is -0.139. The van der Waals surface area contributed by atoms with Gasteiger partial charge in [-0.1, -0.05) is 0 Å². The first-order valence-corrected chi connectivity index (χ1v) is 5.67. The van der Waals surface area contributed by atoms with Gasteiger partial charge in [0.1, 0.15) is 6.04 Å². The van der Waals surface area contributed by atoms with E-state index in [-0.39, 0.29) is 6.04 Å². The number of carboxylic acid groups (broad SMARTS) is 1. The Morgan fingerprint density at radius 3 is 3.14 bits per heavy atom. The summed E-state index contributed by atoms with van der Waals surface area (Å²) in [7, 11) is 0. The summed E-state index contributed by atoms with van der Waals surface area (Å²) in [6.45, 7) is 0.826. The Hall–Kier alpha value is -0.870. The van der Waals surface area contributed by atoms with Gasteiger partial charge in [0.05, 0.1) is 0 Å². The van der Waals surface area contributed by atoms with Crippen LogP contribution in [0.15, 0.2) is 16.8 Å². The van der Waals surface area contributed by atoms with Gasteiger partial charge in [0.15, 0.2) is 0 Å². The standard InChI is InChI=1S/C10H13NO2S/c12-10(13)9-4-8(5-11-9)3-7-1-2-14-6-7/h1-2,6,8-9,11H,3-5H2,(H,12,13). The summed E-state index contributed by atoms with van der Waals surface area (Å²) in [5, 5.41) is 16.0. The van der Waals surface area contributed by atoms with E-state index < -0.39 is 5.97 Å². The Morgan fingerprint density at radius 2 is 2.57 bits per heavy atom. The highest BCUT2D eigenvalue weighted by atomic mass is 32.1. The molecule has 0 amide bonds. The van der Waals surface area contributed by atoms with Crippen LogP contribution in [0.3, 0.4) is 0 Å². The first kappa shape index (κ1) is 9.68. The fourth-order valence-corrected chi connectivity index (χ4v) is 2.58. The monoisotopic (exact) mass is 211 g/mol. The van der Waals surface area contributed by atoms with Gasteiger partial charge in [-0.25, -0.2) is 0 Å². The molecule has 0 bridgehead atoms. The lowest BCUT2D eigenvalue weighted by Gasteiger charge is -2.05. The molecule has 0 aliphatic carbocycles. The van der Waals surface area contributed by atoms with Gasteiger partial charge in [0, 0.05) is 0 Å². The van der Waals surface area contributed by atoms with E-state index in [0.717, 1.165) is 19.4 Å². The average Bonchev–Trinajstić information content (AvgIpc) is 2.75. The van der Waals surface area contributed by atoms with Gasteiger partial charge in [-0.3, -0.25) is 4.79 Å². The van der Waals surface area contributed by atoms with Crippen LogP contribution >= 0.6 is 11.3 Å². The largest absolute Gasteiger partial charge is 0.480 e. The molecule has 0 spiro atoms. The van der Waals surface area contributed by atoms with Crippen molar-refractivity contribution in [3.05, 3.63) is 22.4 Å². The smallest absolute Gasteiger partial charge is 0.320 e. The highest BCUT2D eigenvalue weighted by Crippen LogP contribution is 2.20. The second-order valence-electron chi connectivity index (χ2n) is 3.74. The molecule has 14 heavy (non-hydrogen) atoms. The zero-order chi connectivity index (χ0) is 9.97. The zero-order valence-electron chi connectivity index (χ0n) is 7.77. The van der Waals surface area contributed by atoms with Gasteiger partial charge >= 0.3 is 5.97 Å². The quantitative estimate of drug-likeness (QED) is 0.793. The van der Waals surface area contributed by atoms with Gasteiger partial charge in [-0.15, -0.1) is 0 Å². The maximum absolute atomic E-state index is 10.7. The fourth-order valence-electron chi connectivity index (χ4n) is 1.89. The minimum absolute atomic E-state index is 0.335. The minimum Gasteiger partial charge on any atom is -0.480 e. The summed E-state index contributed by atoms with van der Waals surface area (Å²) in [5.74, 6) is -0.247. The molecule has 1 fully saturated rings. The molecule has 0 radical (unpaired) electrons. The summed E-state index contributed by atoms with van der Waals surface area (Å²) in [6.07, 6.45) is 1.76. The molecule has 0 saturated carbocycles. The number of nitrogens with one attached hydrogen (secondary N) is 1. The van der Waals surface area contributed by atoms with E-state index in [4.69, 9.17) is 5.11 Å². The lowest BCUT2D eigenvalue weighted by Crippen LogP contribution is -2.29. The number of rotatable bonds is 3. The summed E-state index contributed by atoms with van der Waals surface area (Å²) in [4.78, 5) is 10.7. The van der Waals surface area contributed by atoms with Crippen LogP contribution in [0.5, 0.6) is 0 Å². The van der Waals surface area contributed by atoms with Crippen molar-refractivity contribution in [2.75, 3.05) is 6.54 Å². The van der Waals surface area contributed by atoms with Gasteiger partial charge < -0.3 is 10.4 Å². The Balaban J connectivity index is 1.87. The summed E-state index contributed by atoms with van der Waals surface area (Å²) in [6, 6.07) is 1.78. The summed E-state index contributed by atoms with van der Waals surface area (Å²) < 4.78 is 0. The van der Waals surface area contributed by atoms with Crippen molar-refractivity contribution in [2.24, 2.45) is 5.92 Å². The Morgan fingerprint density at radius 1 is 1.71 bits per heavy atom. The zero-order valence-corrected chi connectivity index (χ0v) is 8.59. The molecule has 1 aliphatic rings. The SMILES string of the molecule is O=C(O)C1CC(Cc2ccsc2)CN1. The van der Waals surface area contributed by atoms with Crippen LogP contribution in [-0.4, -0.2) is 23.7 Å². The second-order valence-corrected chi connectivity index (χ2v) is 4.52. The van der Waals surface area contributed by atoms with Gasteiger partial charge in [0.25, 0.3) is 0 Å². The van der Waals surface area contributed by atoms with Crippen LogP contribution in [0, 0.1) is 5.92 Å². The molecule has 2 N–H and O–H groups in total. The minimum atomic E-state index is -0.724. The number of hydrogen-bond acceptors (Lipinski definition) is 3. The maximum Gasteiger partial charge on any atom is 0.320 e. The summed E-state index contributed by atoms with van der Waals surface area (Å²) >= 11 is 1.69. The van der Waals surface area contributed by atoms with E-state index >= 15 is 0 Å². The molecule has 76 valence electrons. The van der Waals surface area contributed by atoms with Crippen LogP contribution < -0.4 is 5.32 Å². The average molecular weight is 211 g/mol. The molecule has 4 heteroatoms. The third-order valence-corrected chi connectivity index (χ3v) is 3.36. The van der Waals surface area contributed by atoms with Crippen molar-refractivity contribution in [1.82, 2.24) is 5.32 Å². The van der Waals surface area contributed by atoms with Crippen LogP contribution in [0.1, 0.15) is 12.0 Å². The highest BCUT2D eigenvalue weighted by molar-refractivity contribution is 7.07. The van der Waals surface area contributed by atoms with Crippen molar-refractivity contribution in [3.63, 3.8) is 0 Å². The van der Waals surface area contributed by atoms with Gasteiger partial charge in [0.2, 0.25) is 0 Å². The molecule has 1 aliphatic heterocycles. The number of carboxylic acids is 1. The van der Waals surface area contributed by atoms with E-state index in [0.29, 0.717) is 5.92 Å². The first-order chi connectivity index (χ1) is 6.75. The van der Waals surface area contributed by atoms with Crippen molar-refractivity contribution in [2.45, 2.75) is 18.9 Å². The number of aliphatic carboxylic acids is 1. The van der Waals surface area contributed by atoms with Crippen LogP contribution in [0.25, 0.3) is 0 Å². The Labute approximate surface area is 86.8 Å². The van der Waals surface area contributed by atoms with Crippen molar-refractivity contribution in [3.8, 4) is 0 Å². The molecule has 1 saturated heterocycles. The Bertz CT molecular complexity index is 310. The topological polar surface area (TPSA) is 49.3 Å². The molecule has 1 aromatic rings. The van der Waals surface area contributed by atoms with E-state index in [1.165, 1.54) is 5.56 Å². The van der Waals surface area contributed by atoms with E-state index in [9.17, 15) is 4.79 Å². The van der Waals surface area contributed by atoms with Crippen LogP contribution in [0.2, 0.25) is 0 Å². The molecular weight excluding hydrogens is 198 g/mol. The predicted octanol–water partition coefficient (Wildman–Crippen LogP) is 1.35. The fraction of sp³-hybridized carbons (Fsp3) is 0.500. The van der Waals surface area contributed by atoms with E-state index in [1.807, 2.05) is 0 Å². The lowest BCUT2D eigenvalue weighted by atomic mass is 9.98. The number of carbonyl (C=O) groups is 1. The molecule has 2 unspecified atom stereocenters. The van der Waals surface area contributed by atoms with Crippen LogP contribution in [0.4, 0.5) is 0 Å². The molecule has 1 aromatic heterocycles. The second kappa shape index (κ2) is 4.11. The van der Waals surface area contributed by atoms with Crippen molar-refractivity contribution < 1.29 is 9.90 Å². The maximum atomic E-state index is 10.7. The normalized spacial score (nSPS) is 26.6. The van der Waals surface area contributed by atoms with Crippen LogP contribution in [-0.2, 0) is 11.2 Å². The molecule has 2 atom stereocenters. The van der Waals surface area contributed by atoms with Crippen molar-refractivity contribution in [1.29, 1.82) is 0 Å². The number of hydrogen-bond donors (Lipinski definition) is 2. The first-order valence-electron chi connectivity index (χ1n) is 4.73. The number of thiophene rings is 1. The summed E-state index contributed by atoms with van der Waals surface area (Å²) in [5.41, 5.74) is 1.33. The van der Waals surface area contributed by atoms with E-state index in [2.05, 4.69) is 22.1 Å². The molecule has 2 rings (SSSR count). The highest BCUT2D eigenvalue weighted by Gasteiger charge is 2.28. The molecule has 2 heterocycles. The third kappa shape index (κ3) is 2.13. The van der Waals surface area contributed by atoms with Gasteiger partial charge in [-0.05, 0) is 47.7 Å². The molecule has 0 aromatic carbocycles. The molecule has 3 nitrogen and oxygen atoms in total. The molecular formula is C10H13NO2S. The third-order valence-electron chi connectivity index (χ3n) is 2.62.